The fourth-order valence-electron chi connectivity index (χ4n) is 6.16. The van der Waals surface area contributed by atoms with Crippen molar-refractivity contribution in [2.75, 3.05) is 33.2 Å². The summed E-state index contributed by atoms with van der Waals surface area (Å²) in [6.07, 6.45) is 5.13. The first-order valence-corrected chi connectivity index (χ1v) is 16.2. The predicted octanol–water partition coefficient (Wildman–Crippen LogP) is 5.22. The third-order valence-electron chi connectivity index (χ3n) is 8.52. The highest BCUT2D eigenvalue weighted by atomic mass is 19.4. The molecule has 2 aliphatic heterocycles. The van der Waals surface area contributed by atoms with E-state index < -0.39 is 17.3 Å². The molecule has 4 N–H and O–H groups in total. The summed E-state index contributed by atoms with van der Waals surface area (Å²) < 4.78 is 36.0. The zero-order valence-electron chi connectivity index (χ0n) is 28.3. The molecule has 0 aromatic heterocycles. The minimum Gasteiger partial charge on any atom is -0.384 e. The van der Waals surface area contributed by atoms with E-state index in [9.17, 15) is 27.9 Å². The molecule has 1 unspecified atom stereocenters. The monoisotopic (exact) mass is 653 g/mol. The summed E-state index contributed by atoms with van der Waals surface area (Å²) in [5.41, 5.74) is 4.73. The van der Waals surface area contributed by atoms with Crippen LogP contribution < -0.4 is 11.1 Å². The lowest BCUT2D eigenvalue weighted by Gasteiger charge is -2.46. The summed E-state index contributed by atoms with van der Waals surface area (Å²) >= 11 is 0. The number of hydrogen-bond donors (Lipinski definition) is 3. The molecule has 1 aliphatic carbocycles. The number of hydrogen-bond acceptors (Lipinski definition) is 7. The van der Waals surface area contributed by atoms with E-state index in [1.165, 1.54) is 12.1 Å². The molecule has 1 aromatic carbocycles. The topological polar surface area (TPSA) is 128 Å². The Balaban J connectivity index is 0.000000517. The quantitative estimate of drug-likeness (QED) is 0.374. The maximum absolute atomic E-state index is 12.2. The Bertz CT molecular complexity index is 1150. The van der Waals surface area contributed by atoms with Crippen molar-refractivity contribution in [1.29, 1.82) is 0 Å². The molecule has 0 radical (unpaired) electrons. The number of nitrogens with zero attached hydrogens (tertiary/aromatic N) is 3. The lowest BCUT2D eigenvalue weighted by molar-refractivity contribution is -0.137. The Kier molecular flexibility index (Phi) is 18.0. The van der Waals surface area contributed by atoms with Crippen molar-refractivity contribution >= 4 is 24.3 Å². The molecule has 0 bridgehead atoms. The Morgan fingerprint density at radius 2 is 1.76 bits per heavy atom. The molecule has 46 heavy (non-hydrogen) atoms. The van der Waals surface area contributed by atoms with E-state index in [1.54, 1.807) is 0 Å². The Hall–Kier alpha value is -3.09. The number of primary amides is 1. The highest BCUT2D eigenvalue weighted by Gasteiger charge is 2.42. The van der Waals surface area contributed by atoms with Crippen LogP contribution in [0.2, 0.25) is 0 Å². The van der Waals surface area contributed by atoms with E-state index in [0.717, 1.165) is 88.1 Å². The van der Waals surface area contributed by atoms with Crippen molar-refractivity contribution in [1.82, 2.24) is 15.1 Å². The SMILES string of the molecule is CC.CNCC(=O)N1CCCN(C2CCC(O)(C3=NC(C)=CC[C@@H]3C)CC2)C(C)CC1.NC=O.O=Cc1cccc(C(F)(F)F)c1. The van der Waals surface area contributed by atoms with Gasteiger partial charge in [-0.2, -0.15) is 13.2 Å². The lowest BCUT2D eigenvalue weighted by atomic mass is 9.74. The van der Waals surface area contributed by atoms with E-state index in [2.05, 4.69) is 35.9 Å². The van der Waals surface area contributed by atoms with Gasteiger partial charge in [-0.1, -0.05) is 39.0 Å². The maximum Gasteiger partial charge on any atom is 0.416 e. The fraction of sp³-hybridized carbons (Fsp3) is 0.647. The first kappa shape index (κ1) is 40.9. The molecular formula is C34H54F3N5O4. The fourth-order valence-corrected chi connectivity index (χ4v) is 6.16. The molecule has 9 nitrogen and oxygen atoms in total. The molecule has 3 aliphatic rings. The number of allylic oxidation sites excluding steroid dienone is 2. The molecule has 260 valence electrons. The minimum absolute atomic E-state index is 0.0322. The van der Waals surface area contributed by atoms with Crippen LogP contribution in [-0.2, 0) is 15.8 Å². The number of nitrogens with one attached hydrogen (secondary N) is 1. The van der Waals surface area contributed by atoms with E-state index in [1.807, 2.05) is 32.7 Å². The van der Waals surface area contributed by atoms with Gasteiger partial charge in [-0.15, -0.1) is 0 Å². The van der Waals surface area contributed by atoms with Crippen LogP contribution in [-0.4, -0.2) is 90.1 Å². The minimum atomic E-state index is -4.38. The van der Waals surface area contributed by atoms with Crippen LogP contribution in [0.1, 0.15) is 95.5 Å². The maximum atomic E-state index is 12.2. The number of halogens is 3. The van der Waals surface area contributed by atoms with Gasteiger partial charge in [0.25, 0.3) is 0 Å². The zero-order valence-corrected chi connectivity index (χ0v) is 28.3. The van der Waals surface area contributed by atoms with Crippen LogP contribution in [0.15, 0.2) is 41.0 Å². The second-order valence-electron chi connectivity index (χ2n) is 11.8. The molecule has 12 heteroatoms. The molecule has 1 saturated carbocycles. The number of carbonyl (C=O) groups excluding carboxylic acids is 3. The molecule has 1 aromatic rings. The number of alkyl halides is 3. The van der Waals surface area contributed by atoms with E-state index in [-0.39, 0.29) is 17.9 Å². The molecule has 1 saturated heterocycles. The number of nitrogens with two attached hydrogens (primary N) is 1. The predicted molar refractivity (Wildman–Crippen MR) is 177 cm³/mol. The Morgan fingerprint density at radius 3 is 2.33 bits per heavy atom. The molecular weight excluding hydrogens is 599 g/mol. The van der Waals surface area contributed by atoms with Gasteiger partial charge in [-0.05, 0) is 78.0 Å². The first-order chi connectivity index (χ1) is 21.8. The van der Waals surface area contributed by atoms with Crippen molar-refractivity contribution in [2.24, 2.45) is 16.6 Å². The number of aliphatic hydroxyl groups is 1. The summed E-state index contributed by atoms with van der Waals surface area (Å²) in [4.78, 5) is 40.3. The number of likely N-dealkylation sites (N-methyl/N-ethyl adjacent to an activating group) is 1. The summed E-state index contributed by atoms with van der Waals surface area (Å²) in [7, 11) is 1.83. The van der Waals surface area contributed by atoms with Gasteiger partial charge >= 0.3 is 6.18 Å². The average molecular weight is 654 g/mol. The largest absolute Gasteiger partial charge is 0.416 e. The van der Waals surface area contributed by atoms with Crippen LogP contribution in [0.5, 0.6) is 0 Å². The molecule has 2 heterocycles. The van der Waals surface area contributed by atoms with Gasteiger partial charge in [0.05, 0.1) is 17.8 Å². The normalized spacial score (nSPS) is 25.3. The second kappa shape index (κ2) is 20.2. The van der Waals surface area contributed by atoms with Crippen molar-refractivity contribution in [2.45, 2.75) is 103 Å². The van der Waals surface area contributed by atoms with Gasteiger partial charge in [0.2, 0.25) is 12.3 Å². The highest BCUT2D eigenvalue weighted by Crippen LogP contribution is 2.37. The molecule has 2 amide bonds. The standard InChI is InChI=1S/C23H40N4O2.C8H5F3O.C2H6.CH3NO/c1-17-6-7-18(2)25-22(17)23(29)11-8-20(9-12-23)27-14-5-13-26(15-10-19(27)3)21(28)16-24-4;9-8(10,11)7-3-1-2-6(4-7)5-12;1-2;2-1-3/h7,17,19-20,24,29H,5-6,8-16H2,1-4H3;1-5H;1-2H3;1H,(H2,2,3)/t17-,19?,20?,23?;;;/m0.../s1. The van der Waals surface area contributed by atoms with Crippen LogP contribution >= 0.6 is 0 Å². The lowest BCUT2D eigenvalue weighted by Crippen LogP contribution is -2.53. The van der Waals surface area contributed by atoms with E-state index in [0.29, 0.717) is 30.8 Å². The first-order valence-electron chi connectivity index (χ1n) is 16.2. The van der Waals surface area contributed by atoms with Crippen molar-refractivity contribution < 1.29 is 32.7 Å². The van der Waals surface area contributed by atoms with Crippen LogP contribution in [0.3, 0.4) is 0 Å². The molecule has 2 fully saturated rings. The number of rotatable bonds is 5. The van der Waals surface area contributed by atoms with Gasteiger partial charge in [-0.25, -0.2) is 0 Å². The molecule has 4 rings (SSSR count). The number of amides is 2. The average Bonchev–Trinajstić information content (AvgIpc) is 3.02. The summed E-state index contributed by atoms with van der Waals surface area (Å²) in [5, 5.41) is 14.4. The van der Waals surface area contributed by atoms with E-state index >= 15 is 0 Å². The number of aldehydes is 1. The summed E-state index contributed by atoms with van der Waals surface area (Å²) in [5.74, 6) is 0.546. The summed E-state index contributed by atoms with van der Waals surface area (Å²) in [6, 6.07) is 5.25. The number of carbonyl (C=O) groups is 3. The Labute approximate surface area is 272 Å². The van der Waals surface area contributed by atoms with Gasteiger partial charge in [0.15, 0.2) is 0 Å². The third-order valence-corrected chi connectivity index (χ3v) is 8.52. The van der Waals surface area contributed by atoms with Crippen molar-refractivity contribution in [3.8, 4) is 0 Å². The van der Waals surface area contributed by atoms with Crippen molar-refractivity contribution in [3.63, 3.8) is 0 Å². The van der Waals surface area contributed by atoms with Crippen LogP contribution in [0.4, 0.5) is 13.2 Å². The van der Waals surface area contributed by atoms with Gasteiger partial charge in [-0.3, -0.25) is 24.3 Å². The zero-order chi connectivity index (χ0) is 34.9. The van der Waals surface area contributed by atoms with E-state index in [4.69, 9.17) is 9.79 Å². The molecule has 2 atom stereocenters. The highest BCUT2D eigenvalue weighted by molar-refractivity contribution is 5.95. The number of aliphatic imine (C=N–C) groups is 1. The van der Waals surface area contributed by atoms with Crippen molar-refractivity contribution in [3.05, 3.63) is 47.2 Å². The van der Waals surface area contributed by atoms with Crippen LogP contribution in [0.25, 0.3) is 0 Å². The third kappa shape index (κ3) is 12.6. The van der Waals surface area contributed by atoms with Gasteiger partial charge in [0.1, 0.15) is 11.9 Å². The van der Waals surface area contributed by atoms with Gasteiger partial charge in [0, 0.05) is 48.9 Å². The second-order valence-corrected chi connectivity index (χ2v) is 11.8. The molecule has 0 spiro atoms. The Morgan fingerprint density at radius 1 is 1.13 bits per heavy atom. The van der Waals surface area contributed by atoms with Crippen LogP contribution in [0, 0.1) is 5.92 Å². The number of benzene rings is 1. The smallest absolute Gasteiger partial charge is 0.384 e. The van der Waals surface area contributed by atoms with Gasteiger partial charge < -0.3 is 21.1 Å². The summed E-state index contributed by atoms with van der Waals surface area (Å²) in [6.45, 7) is 13.7.